The van der Waals surface area contributed by atoms with E-state index in [2.05, 4.69) is 12.2 Å². The second-order valence-electron chi connectivity index (χ2n) is 3.52. The van der Waals surface area contributed by atoms with Crippen LogP contribution in [0.25, 0.3) is 0 Å². The average Bonchev–Trinajstić information content (AvgIpc) is 2.45. The summed E-state index contributed by atoms with van der Waals surface area (Å²) in [5.41, 5.74) is 0. The van der Waals surface area contributed by atoms with Gasteiger partial charge in [0.25, 0.3) is 0 Å². The number of hydrogen-bond acceptors (Lipinski definition) is 1. The highest BCUT2D eigenvalue weighted by atomic mass is 15.0. The van der Waals surface area contributed by atoms with E-state index in [4.69, 9.17) is 0 Å². The molecule has 3 atom stereocenters. The summed E-state index contributed by atoms with van der Waals surface area (Å²) in [6.07, 6.45) is 4.36. The molecule has 0 amide bonds. The molecule has 0 aromatic carbocycles. The van der Waals surface area contributed by atoms with Crippen molar-refractivity contribution in [1.82, 2.24) is 5.32 Å². The van der Waals surface area contributed by atoms with Crippen molar-refractivity contribution in [3.05, 3.63) is 0 Å². The van der Waals surface area contributed by atoms with Crippen LogP contribution >= 0.6 is 0 Å². The molecule has 1 nitrogen and oxygen atoms in total. The molecule has 0 aromatic heterocycles. The third-order valence-corrected chi connectivity index (χ3v) is 2.99. The molecule has 2 bridgehead atoms. The number of rotatable bonds is 1. The van der Waals surface area contributed by atoms with Gasteiger partial charge >= 0.3 is 0 Å². The van der Waals surface area contributed by atoms with Crippen LogP contribution in [0.5, 0.6) is 0 Å². The van der Waals surface area contributed by atoms with Crippen molar-refractivity contribution in [3.63, 3.8) is 0 Å². The van der Waals surface area contributed by atoms with E-state index in [0.29, 0.717) is 0 Å². The van der Waals surface area contributed by atoms with Gasteiger partial charge in [-0.25, -0.2) is 0 Å². The summed E-state index contributed by atoms with van der Waals surface area (Å²) in [5.74, 6) is 2.06. The highest BCUT2D eigenvalue weighted by Crippen LogP contribution is 2.37. The smallest absolute Gasteiger partial charge is 0.00985 e. The molecule has 1 aliphatic heterocycles. The molecular formula is C8H15N. The van der Waals surface area contributed by atoms with Crippen LogP contribution in [0.1, 0.15) is 26.2 Å². The Hall–Kier alpha value is -0.0400. The minimum absolute atomic E-state index is 0.903. The molecule has 9 heavy (non-hydrogen) atoms. The zero-order chi connectivity index (χ0) is 6.27. The van der Waals surface area contributed by atoms with E-state index in [1.807, 2.05) is 0 Å². The molecule has 1 N–H and O–H groups in total. The standard InChI is InChI=1S/C8H15N/c1-2-7-3-6-4-8(7)9-5-6/h6-9H,2-5H2,1H3. The van der Waals surface area contributed by atoms with Crippen LogP contribution in [0.2, 0.25) is 0 Å². The Bertz CT molecular complexity index is 111. The van der Waals surface area contributed by atoms with Crippen molar-refractivity contribution in [2.45, 2.75) is 32.2 Å². The minimum atomic E-state index is 0.903. The highest BCUT2D eigenvalue weighted by molar-refractivity contribution is 4.94. The first-order chi connectivity index (χ1) is 4.40. The largest absolute Gasteiger partial charge is 0.313 e. The van der Waals surface area contributed by atoms with Crippen LogP contribution in [0.4, 0.5) is 0 Å². The minimum Gasteiger partial charge on any atom is -0.313 e. The Morgan fingerprint density at radius 3 is 2.67 bits per heavy atom. The van der Waals surface area contributed by atoms with Gasteiger partial charge in [0, 0.05) is 6.04 Å². The quantitative estimate of drug-likeness (QED) is 0.558. The van der Waals surface area contributed by atoms with Crippen molar-refractivity contribution in [2.75, 3.05) is 6.54 Å². The van der Waals surface area contributed by atoms with Crippen LogP contribution < -0.4 is 5.32 Å². The first-order valence-corrected chi connectivity index (χ1v) is 4.13. The predicted octanol–water partition coefficient (Wildman–Crippen LogP) is 1.39. The monoisotopic (exact) mass is 125 g/mol. The van der Waals surface area contributed by atoms with Gasteiger partial charge in [-0.3, -0.25) is 0 Å². The summed E-state index contributed by atoms with van der Waals surface area (Å²) in [7, 11) is 0. The van der Waals surface area contributed by atoms with E-state index < -0.39 is 0 Å². The first-order valence-electron chi connectivity index (χ1n) is 4.13. The maximum absolute atomic E-state index is 3.56. The van der Waals surface area contributed by atoms with Crippen molar-refractivity contribution >= 4 is 0 Å². The number of nitrogens with one attached hydrogen (secondary N) is 1. The normalized spacial score (nSPS) is 48.3. The predicted molar refractivity (Wildman–Crippen MR) is 38.3 cm³/mol. The van der Waals surface area contributed by atoms with Crippen LogP contribution in [0, 0.1) is 11.8 Å². The fourth-order valence-corrected chi connectivity index (χ4v) is 2.43. The molecule has 1 heterocycles. The molecule has 0 aromatic rings. The van der Waals surface area contributed by atoms with Crippen LogP contribution in [0.15, 0.2) is 0 Å². The van der Waals surface area contributed by atoms with E-state index in [0.717, 1.165) is 17.9 Å². The van der Waals surface area contributed by atoms with Gasteiger partial charge in [-0.15, -0.1) is 0 Å². The fourth-order valence-electron chi connectivity index (χ4n) is 2.43. The zero-order valence-electron chi connectivity index (χ0n) is 6.06. The maximum Gasteiger partial charge on any atom is 0.00985 e. The van der Waals surface area contributed by atoms with Gasteiger partial charge in [0.1, 0.15) is 0 Å². The molecule has 52 valence electrons. The molecule has 0 spiro atoms. The third kappa shape index (κ3) is 0.787. The zero-order valence-corrected chi connectivity index (χ0v) is 6.06. The average molecular weight is 125 g/mol. The molecule has 0 radical (unpaired) electrons. The molecule has 1 heteroatoms. The van der Waals surface area contributed by atoms with E-state index in [9.17, 15) is 0 Å². The lowest BCUT2D eigenvalue weighted by Crippen LogP contribution is -2.32. The molecule has 1 aliphatic carbocycles. The summed E-state index contributed by atoms with van der Waals surface area (Å²) >= 11 is 0. The third-order valence-electron chi connectivity index (χ3n) is 2.99. The summed E-state index contributed by atoms with van der Waals surface area (Å²) in [4.78, 5) is 0. The van der Waals surface area contributed by atoms with Gasteiger partial charge in [-0.1, -0.05) is 13.3 Å². The summed E-state index contributed by atoms with van der Waals surface area (Å²) in [6, 6.07) is 0.903. The fraction of sp³-hybridized carbons (Fsp3) is 1.00. The van der Waals surface area contributed by atoms with Crippen LogP contribution in [-0.2, 0) is 0 Å². The highest BCUT2D eigenvalue weighted by Gasteiger charge is 2.37. The molecule has 2 aliphatic rings. The van der Waals surface area contributed by atoms with E-state index in [-0.39, 0.29) is 0 Å². The van der Waals surface area contributed by atoms with Crippen LogP contribution in [0.3, 0.4) is 0 Å². The Morgan fingerprint density at radius 1 is 1.44 bits per heavy atom. The second-order valence-corrected chi connectivity index (χ2v) is 3.52. The number of fused-ring (bicyclic) bond motifs is 2. The van der Waals surface area contributed by atoms with Gasteiger partial charge in [0.2, 0.25) is 0 Å². The topological polar surface area (TPSA) is 12.0 Å². The number of piperidine rings is 1. The van der Waals surface area contributed by atoms with Crippen LogP contribution in [-0.4, -0.2) is 12.6 Å². The first kappa shape index (κ1) is 5.72. The SMILES string of the molecule is CCC1CC2CNC1C2. The summed E-state index contributed by atoms with van der Waals surface area (Å²) < 4.78 is 0. The Kier molecular flexibility index (Phi) is 1.26. The lowest BCUT2D eigenvalue weighted by Gasteiger charge is -2.20. The van der Waals surface area contributed by atoms with Crippen molar-refractivity contribution in [2.24, 2.45) is 11.8 Å². The van der Waals surface area contributed by atoms with Gasteiger partial charge < -0.3 is 5.32 Å². The second kappa shape index (κ2) is 1.98. The van der Waals surface area contributed by atoms with E-state index in [1.165, 1.54) is 25.8 Å². The van der Waals surface area contributed by atoms with Crippen molar-refractivity contribution in [1.29, 1.82) is 0 Å². The molecule has 3 unspecified atom stereocenters. The van der Waals surface area contributed by atoms with Crippen molar-refractivity contribution < 1.29 is 0 Å². The Balaban J connectivity index is 2.01. The molecule has 1 saturated heterocycles. The van der Waals surface area contributed by atoms with Gasteiger partial charge in [-0.05, 0) is 31.2 Å². The molecule has 2 rings (SSSR count). The van der Waals surface area contributed by atoms with E-state index in [1.54, 1.807) is 0 Å². The summed E-state index contributed by atoms with van der Waals surface area (Å²) in [6.45, 7) is 3.62. The Labute approximate surface area is 56.8 Å². The van der Waals surface area contributed by atoms with Gasteiger partial charge in [-0.2, -0.15) is 0 Å². The lowest BCUT2D eigenvalue weighted by molar-refractivity contribution is 0.356. The van der Waals surface area contributed by atoms with Gasteiger partial charge in [0.15, 0.2) is 0 Å². The molecule has 2 fully saturated rings. The lowest BCUT2D eigenvalue weighted by atomic mass is 9.97. The Morgan fingerprint density at radius 2 is 2.33 bits per heavy atom. The molecule has 1 saturated carbocycles. The molecular weight excluding hydrogens is 110 g/mol. The van der Waals surface area contributed by atoms with Crippen molar-refractivity contribution in [3.8, 4) is 0 Å². The summed E-state index contributed by atoms with van der Waals surface area (Å²) in [5, 5.41) is 3.56. The van der Waals surface area contributed by atoms with Gasteiger partial charge in [0.05, 0.1) is 0 Å². The maximum atomic E-state index is 3.56. The number of hydrogen-bond donors (Lipinski definition) is 1. The van der Waals surface area contributed by atoms with E-state index >= 15 is 0 Å².